The monoisotopic (exact) mass is 499 g/mol. The number of piperidine rings is 1. The molecule has 3 fully saturated rings. The maximum Gasteiger partial charge on any atom is 0.327 e. The SMILES string of the molecule is N#CC1CNCC1c1cccc(N2CCN(c3ccc4c(c3)[nH]c(=O)n4C3CCC(=O)NC3=O)CC2)c1. The first-order valence-corrected chi connectivity index (χ1v) is 12.8. The number of hydrogen-bond donors (Lipinski definition) is 3. The molecular formula is C27H29N7O3. The Labute approximate surface area is 213 Å². The minimum absolute atomic E-state index is 0.0123. The number of benzene rings is 2. The van der Waals surface area contributed by atoms with Crippen molar-refractivity contribution < 1.29 is 9.59 Å². The minimum Gasteiger partial charge on any atom is -0.368 e. The number of piperazine rings is 1. The number of imidazole rings is 1. The molecular weight excluding hydrogens is 470 g/mol. The second-order valence-electron chi connectivity index (χ2n) is 10.0. The molecule has 10 nitrogen and oxygen atoms in total. The largest absolute Gasteiger partial charge is 0.368 e. The van der Waals surface area contributed by atoms with Gasteiger partial charge >= 0.3 is 5.69 Å². The van der Waals surface area contributed by atoms with Crippen LogP contribution in [0, 0.1) is 17.2 Å². The van der Waals surface area contributed by atoms with Crippen LogP contribution in [0.3, 0.4) is 0 Å². The number of carbonyl (C=O) groups excluding carboxylic acids is 2. The van der Waals surface area contributed by atoms with Gasteiger partial charge in [0.25, 0.3) is 0 Å². The van der Waals surface area contributed by atoms with Crippen LogP contribution >= 0.6 is 0 Å². The maximum absolute atomic E-state index is 12.7. The minimum atomic E-state index is -0.687. The van der Waals surface area contributed by atoms with E-state index in [1.807, 2.05) is 18.2 Å². The lowest BCUT2D eigenvalue weighted by Crippen LogP contribution is -2.46. The average Bonchev–Trinajstić information content (AvgIpc) is 3.52. The molecule has 1 aromatic heterocycles. The Morgan fingerprint density at radius 2 is 1.68 bits per heavy atom. The topological polar surface area (TPSA) is 126 Å². The molecule has 3 saturated heterocycles. The Bertz CT molecular complexity index is 1460. The number of hydrogen-bond acceptors (Lipinski definition) is 7. The Kier molecular flexibility index (Phi) is 5.93. The van der Waals surface area contributed by atoms with Crippen molar-refractivity contribution in [2.24, 2.45) is 5.92 Å². The number of anilines is 2. The highest BCUT2D eigenvalue weighted by atomic mass is 16.2. The van der Waals surface area contributed by atoms with Crippen molar-refractivity contribution in [1.29, 1.82) is 5.26 Å². The normalized spacial score (nSPS) is 24.4. The van der Waals surface area contributed by atoms with Crippen LogP contribution in [-0.4, -0.2) is 60.6 Å². The predicted octanol–water partition coefficient (Wildman–Crippen LogP) is 1.46. The standard InChI is InChI=1S/C27H29N7O3/c28-14-18-15-29-16-21(18)17-2-1-3-19(12-17)32-8-10-33(11-9-32)20-4-5-23-22(13-20)30-27(37)34(23)24-6-7-25(35)31-26(24)36/h1-5,12-13,18,21,24,29H,6-11,15-16H2,(H,30,37)(H,31,35,36). The van der Waals surface area contributed by atoms with Gasteiger partial charge in [0, 0.05) is 63.0 Å². The van der Waals surface area contributed by atoms with E-state index in [1.54, 1.807) is 0 Å². The molecule has 37 heavy (non-hydrogen) atoms. The van der Waals surface area contributed by atoms with Crippen LogP contribution in [0.1, 0.15) is 30.4 Å². The van der Waals surface area contributed by atoms with Gasteiger partial charge in [-0.05, 0) is 42.3 Å². The van der Waals surface area contributed by atoms with Gasteiger partial charge in [-0.25, -0.2) is 4.79 Å². The first kappa shape index (κ1) is 23.3. The summed E-state index contributed by atoms with van der Waals surface area (Å²) in [5, 5.41) is 15.1. The van der Waals surface area contributed by atoms with E-state index in [0.29, 0.717) is 17.5 Å². The van der Waals surface area contributed by atoms with Crippen LogP contribution in [0.4, 0.5) is 11.4 Å². The lowest BCUT2D eigenvalue weighted by atomic mass is 9.89. The van der Waals surface area contributed by atoms with Crippen molar-refractivity contribution in [3.05, 3.63) is 58.5 Å². The van der Waals surface area contributed by atoms with Crippen LogP contribution in [0.2, 0.25) is 0 Å². The fourth-order valence-electron chi connectivity index (χ4n) is 5.89. The predicted molar refractivity (Wildman–Crippen MR) is 140 cm³/mol. The molecule has 10 heteroatoms. The summed E-state index contributed by atoms with van der Waals surface area (Å²) in [6.07, 6.45) is 0.536. The van der Waals surface area contributed by atoms with Gasteiger partial charge in [0.05, 0.1) is 23.0 Å². The molecule has 190 valence electrons. The molecule has 3 aliphatic rings. The third-order valence-corrected chi connectivity index (χ3v) is 7.91. The van der Waals surface area contributed by atoms with Gasteiger partial charge in [0.2, 0.25) is 11.8 Å². The smallest absolute Gasteiger partial charge is 0.327 e. The second-order valence-corrected chi connectivity index (χ2v) is 10.0. The van der Waals surface area contributed by atoms with E-state index in [-0.39, 0.29) is 29.9 Å². The van der Waals surface area contributed by atoms with Crippen LogP contribution in [-0.2, 0) is 9.59 Å². The Morgan fingerprint density at radius 3 is 2.41 bits per heavy atom. The summed E-state index contributed by atoms with van der Waals surface area (Å²) in [7, 11) is 0. The van der Waals surface area contributed by atoms with Crippen molar-refractivity contribution in [3.8, 4) is 6.07 Å². The number of fused-ring (bicyclic) bond motifs is 1. The molecule has 4 heterocycles. The fourth-order valence-corrected chi connectivity index (χ4v) is 5.89. The molecule has 0 aliphatic carbocycles. The van der Waals surface area contributed by atoms with Gasteiger partial charge < -0.3 is 20.1 Å². The number of aromatic nitrogens is 2. The second kappa shape index (κ2) is 9.41. The lowest BCUT2D eigenvalue weighted by Gasteiger charge is -2.37. The van der Waals surface area contributed by atoms with Gasteiger partial charge in [0.15, 0.2) is 0 Å². The van der Waals surface area contributed by atoms with Gasteiger partial charge in [-0.1, -0.05) is 12.1 Å². The summed E-state index contributed by atoms with van der Waals surface area (Å²) < 4.78 is 1.46. The van der Waals surface area contributed by atoms with E-state index in [1.165, 1.54) is 15.8 Å². The van der Waals surface area contributed by atoms with Gasteiger partial charge in [-0.15, -0.1) is 0 Å². The van der Waals surface area contributed by atoms with Crippen molar-refractivity contribution in [1.82, 2.24) is 20.2 Å². The summed E-state index contributed by atoms with van der Waals surface area (Å²) in [5.74, 6) is -0.494. The number of amides is 2. The molecule has 0 bridgehead atoms. The zero-order valence-corrected chi connectivity index (χ0v) is 20.4. The van der Waals surface area contributed by atoms with E-state index >= 15 is 0 Å². The molecule has 3 unspecified atom stereocenters. The number of nitrogens with one attached hydrogen (secondary N) is 3. The molecule has 2 amide bonds. The molecule has 6 rings (SSSR count). The highest BCUT2D eigenvalue weighted by molar-refractivity contribution is 6.00. The maximum atomic E-state index is 12.7. The molecule has 0 spiro atoms. The molecule has 3 aliphatic heterocycles. The Morgan fingerprint density at radius 1 is 0.919 bits per heavy atom. The van der Waals surface area contributed by atoms with E-state index in [0.717, 1.165) is 45.0 Å². The Balaban J connectivity index is 1.17. The number of H-pyrrole nitrogens is 1. The number of imide groups is 1. The molecule has 3 aromatic rings. The Hall–Kier alpha value is -4.10. The van der Waals surface area contributed by atoms with E-state index in [4.69, 9.17) is 0 Å². The summed E-state index contributed by atoms with van der Waals surface area (Å²) in [4.78, 5) is 44.2. The van der Waals surface area contributed by atoms with Crippen LogP contribution in [0.25, 0.3) is 11.0 Å². The third-order valence-electron chi connectivity index (χ3n) is 7.91. The summed E-state index contributed by atoms with van der Waals surface area (Å²) >= 11 is 0. The van der Waals surface area contributed by atoms with Crippen molar-refractivity contribution in [2.75, 3.05) is 49.1 Å². The number of nitrogens with zero attached hydrogens (tertiary/aromatic N) is 4. The first-order valence-electron chi connectivity index (χ1n) is 12.8. The summed E-state index contributed by atoms with van der Waals surface area (Å²) in [5.41, 5.74) is 4.41. The zero-order chi connectivity index (χ0) is 25.5. The van der Waals surface area contributed by atoms with Gasteiger partial charge in [-0.3, -0.25) is 19.5 Å². The summed E-state index contributed by atoms with van der Waals surface area (Å²) in [6.45, 7) is 4.97. The van der Waals surface area contributed by atoms with Crippen molar-refractivity contribution >= 4 is 34.2 Å². The summed E-state index contributed by atoms with van der Waals surface area (Å²) in [6, 6.07) is 16.2. The van der Waals surface area contributed by atoms with Crippen LogP contribution in [0.5, 0.6) is 0 Å². The lowest BCUT2D eigenvalue weighted by molar-refractivity contribution is -0.135. The number of nitriles is 1. The average molecular weight is 500 g/mol. The quantitative estimate of drug-likeness (QED) is 0.464. The van der Waals surface area contributed by atoms with Crippen molar-refractivity contribution in [2.45, 2.75) is 24.8 Å². The molecule has 0 radical (unpaired) electrons. The molecule has 3 atom stereocenters. The number of rotatable bonds is 4. The van der Waals surface area contributed by atoms with Crippen LogP contribution < -0.4 is 26.1 Å². The van der Waals surface area contributed by atoms with E-state index in [9.17, 15) is 19.6 Å². The van der Waals surface area contributed by atoms with E-state index < -0.39 is 11.9 Å². The molecule has 2 aromatic carbocycles. The van der Waals surface area contributed by atoms with E-state index in [2.05, 4.69) is 55.8 Å². The highest BCUT2D eigenvalue weighted by Gasteiger charge is 2.31. The number of carbonyl (C=O) groups is 2. The first-order chi connectivity index (χ1) is 18.0. The van der Waals surface area contributed by atoms with Gasteiger partial charge in [0.1, 0.15) is 6.04 Å². The zero-order valence-electron chi connectivity index (χ0n) is 20.4. The van der Waals surface area contributed by atoms with Gasteiger partial charge in [-0.2, -0.15) is 5.26 Å². The number of aromatic amines is 1. The molecule has 3 N–H and O–H groups in total. The molecule has 0 saturated carbocycles. The van der Waals surface area contributed by atoms with Crippen LogP contribution in [0.15, 0.2) is 47.3 Å². The van der Waals surface area contributed by atoms with Crippen molar-refractivity contribution in [3.63, 3.8) is 0 Å². The fraction of sp³-hybridized carbons (Fsp3) is 0.407. The third kappa shape index (κ3) is 4.25. The highest BCUT2D eigenvalue weighted by Crippen LogP contribution is 2.31.